The molecule has 7 nitrogen and oxygen atoms in total. The Morgan fingerprint density at radius 1 is 0.897 bits per heavy atom. The van der Waals surface area contributed by atoms with Crippen LogP contribution in [0.3, 0.4) is 0 Å². The van der Waals surface area contributed by atoms with Crippen LogP contribution in [0.2, 0.25) is 0 Å². The minimum atomic E-state index is -0.620. The first-order valence-electron chi connectivity index (χ1n) is 14.6. The molecule has 2 fully saturated rings. The number of amides is 3. The molecule has 1 aliphatic carbocycles. The van der Waals surface area contributed by atoms with Gasteiger partial charge in [-0.05, 0) is 55.5 Å². The molecule has 1 heterocycles. The van der Waals surface area contributed by atoms with Crippen molar-refractivity contribution in [3.05, 3.63) is 65.7 Å². The van der Waals surface area contributed by atoms with E-state index in [-0.39, 0.29) is 23.8 Å². The van der Waals surface area contributed by atoms with Crippen molar-refractivity contribution in [2.45, 2.75) is 76.8 Å². The fourth-order valence-corrected chi connectivity index (χ4v) is 5.80. The van der Waals surface area contributed by atoms with Crippen LogP contribution in [-0.2, 0) is 27.2 Å². The number of carbonyl (C=O) groups is 3. The van der Waals surface area contributed by atoms with Crippen molar-refractivity contribution in [2.75, 3.05) is 32.0 Å². The summed E-state index contributed by atoms with van der Waals surface area (Å²) in [7, 11) is 2.11. The number of nitrogens with zero attached hydrogens (tertiary/aromatic N) is 2. The van der Waals surface area contributed by atoms with Crippen LogP contribution in [0.15, 0.2) is 54.6 Å². The van der Waals surface area contributed by atoms with Crippen LogP contribution in [0.5, 0.6) is 0 Å². The lowest BCUT2D eigenvalue weighted by molar-refractivity contribution is -0.138. The molecule has 2 aliphatic rings. The average Bonchev–Trinajstić information content (AvgIpc) is 2.95. The largest absolute Gasteiger partial charge is 0.344 e. The summed E-state index contributed by atoms with van der Waals surface area (Å²) in [5, 5.41) is 5.99. The van der Waals surface area contributed by atoms with Gasteiger partial charge in [-0.15, -0.1) is 0 Å². The van der Waals surface area contributed by atoms with Gasteiger partial charge in [0, 0.05) is 50.6 Å². The van der Waals surface area contributed by atoms with Gasteiger partial charge in [0.05, 0.1) is 0 Å². The molecule has 0 radical (unpaired) electrons. The van der Waals surface area contributed by atoms with Gasteiger partial charge in [0.25, 0.3) is 0 Å². The second kappa shape index (κ2) is 14.3. The van der Waals surface area contributed by atoms with Crippen LogP contribution >= 0.6 is 0 Å². The standard InChI is InChI=1S/C32H44N4O3/c1-3-30(37)34-29(32(39)36-19-18-35(2)28(23-36)20-24-10-6-4-7-11-24)21-26-14-16-27(17-15-26)33-31(38)22-25-12-8-5-9-13-25/h4,6-7,10-11,14-17,25,28-29H,3,5,8-9,12-13,18-23H2,1-2H3,(H,33,38)(H,34,37)/t28?,29-/m1/s1. The molecule has 39 heavy (non-hydrogen) atoms. The summed E-state index contributed by atoms with van der Waals surface area (Å²) in [6, 6.07) is 17.6. The number of benzene rings is 2. The third-order valence-corrected chi connectivity index (χ3v) is 8.23. The Bertz CT molecular complexity index is 1080. The molecule has 0 spiro atoms. The predicted molar refractivity (Wildman–Crippen MR) is 155 cm³/mol. The van der Waals surface area contributed by atoms with E-state index in [9.17, 15) is 14.4 Å². The summed E-state index contributed by atoms with van der Waals surface area (Å²) in [5.41, 5.74) is 2.97. The zero-order valence-electron chi connectivity index (χ0n) is 23.5. The van der Waals surface area contributed by atoms with E-state index in [2.05, 4.69) is 34.7 Å². The monoisotopic (exact) mass is 532 g/mol. The zero-order valence-corrected chi connectivity index (χ0v) is 23.5. The fourth-order valence-electron chi connectivity index (χ4n) is 5.80. The summed E-state index contributed by atoms with van der Waals surface area (Å²) in [4.78, 5) is 42.8. The second-order valence-corrected chi connectivity index (χ2v) is 11.2. The Hall–Kier alpha value is -3.19. The zero-order chi connectivity index (χ0) is 27.6. The highest BCUT2D eigenvalue weighted by atomic mass is 16.2. The summed E-state index contributed by atoms with van der Waals surface area (Å²) < 4.78 is 0. The predicted octanol–water partition coefficient (Wildman–Crippen LogP) is 4.42. The molecule has 1 unspecified atom stereocenters. The maximum atomic E-state index is 13.7. The Morgan fingerprint density at radius 2 is 1.62 bits per heavy atom. The first kappa shape index (κ1) is 28.8. The topological polar surface area (TPSA) is 81.8 Å². The lowest BCUT2D eigenvalue weighted by atomic mass is 9.87. The third-order valence-electron chi connectivity index (χ3n) is 8.23. The first-order chi connectivity index (χ1) is 18.9. The van der Waals surface area contributed by atoms with E-state index in [1.165, 1.54) is 24.8 Å². The average molecular weight is 533 g/mol. The third kappa shape index (κ3) is 8.65. The quantitative estimate of drug-likeness (QED) is 0.475. The molecular formula is C32H44N4O3. The van der Waals surface area contributed by atoms with E-state index in [0.717, 1.165) is 37.1 Å². The van der Waals surface area contributed by atoms with Crippen LogP contribution in [-0.4, -0.2) is 66.3 Å². The minimum absolute atomic E-state index is 0.0344. The molecule has 1 aliphatic heterocycles. The van der Waals surface area contributed by atoms with Crippen molar-refractivity contribution in [1.29, 1.82) is 0 Å². The molecule has 210 valence electrons. The van der Waals surface area contributed by atoms with E-state index < -0.39 is 6.04 Å². The van der Waals surface area contributed by atoms with Gasteiger partial charge in [-0.25, -0.2) is 0 Å². The Balaban J connectivity index is 1.37. The molecule has 0 aromatic heterocycles. The number of likely N-dealkylation sites (N-methyl/N-ethyl adjacent to an activating group) is 1. The maximum absolute atomic E-state index is 13.7. The summed E-state index contributed by atoms with van der Waals surface area (Å²) in [6.45, 7) is 3.88. The lowest BCUT2D eigenvalue weighted by Gasteiger charge is -2.41. The molecule has 7 heteroatoms. The van der Waals surface area contributed by atoms with E-state index in [1.807, 2.05) is 47.4 Å². The molecule has 2 aromatic carbocycles. The molecule has 0 bridgehead atoms. The van der Waals surface area contributed by atoms with Crippen LogP contribution in [0, 0.1) is 5.92 Å². The first-order valence-corrected chi connectivity index (χ1v) is 14.6. The van der Waals surface area contributed by atoms with Crippen LogP contribution < -0.4 is 10.6 Å². The molecule has 4 rings (SSSR count). The maximum Gasteiger partial charge on any atom is 0.245 e. The van der Waals surface area contributed by atoms with Gasteiger partial charge in [-0.3, -0.25) is 19.3 Å². The molecule has 2 atom stereocenters. The van der Waals surface area contributed by atoms with Gasteiger partial charge >= 0.3 is 0 Å². The van der Waals surface area contributed by atoms with Crippen molar-refractivity contribution < 1.29 is 14.4 Å². The highest BCUT2D eigenvalue weighted by Crippen LogP contribution is 2.26. The van der Waals surface area contributed by atoms with Crippen molar-refractivity contribution in [3.63, 3.8) is 0 Å². The molecule has 1 saturated carbocycles. The van der Waals surface area contributed by atoms with Gasteiger partial charge in [0.1, 0.15) is 6.04 Å². The smallest absolute Gasteiger partial charge is 0.245 e. The van der Waals surface area contributed by atoms with Gasteiger partial charge in [-0.1, -0.05) is 68.7 Å². The number of piperazine rings is 1. The highest BCUT2D eigenvalue weighted by Gasteiger charge is 2.32. The molecule has 2 aromatic rings. The molecule has 3 amide bonds. The fraction of sp³-hybridized carbons (Fsp3) is 0.531. The Morgan fingerprint density at radius 3 is 2.31 bits per heavy atom. The SMILES string of the molecule is CCC(=O)N[C@H](Cc1ccc(NC(=O)CC2CCCCC2)cc1)C(=O)N1CCN(C)C(Cc2ccccc2)C1. The van der Waals surface area contributed by atoms with Crippen LogP contribution in [0.4, 0.5) is 5.69 Å². The summed E-state index contributed by atoms with van der Waals surface area (Å²) in [6.07, 6.45) is 8.22. The number of hydrogen-bond acceptors (Lipinski definition) is 4. The van der Waals surface area contributed by atoms with Gasteiger partial charge < -0.3 is 15.5 Å². The Kier molecular flexibility index (Phi) is 10.5. The summed E-state index contributed by atoms with van der Waals surface area (Å²) in [5.74, 6) is 0.398. The van der Waals surface area contributed by atoms with E-state index >= 15 is 0 Å². The van der Waals surface area contributed by atoms with Gasteiger partial charge in [0.2, 0.25) is 17.7 Å². The highest BCUT2D eigenvalue weighted by molar-refractivity contribution is 5.91. The molecular weight excluding hydrogens is 488 g/mol. The van der Waals surface area contributed by atoms with Crippen LogP contribution in [0.1, 0.15) is 63.0 Å². The van der Waals surface area contributed by atoms with Crippen molar-refractivity contribution >= 4 is 23.4 Å². The van der Waals surface area contributed by atoms with Crippen molar-refractivity contribution in [3.8, 4) is 0 Å². The number of rotatable bonds is 10. The number of anilines is 1. The van der Waals surface area contributed by atoms with Crippen molar-refractivity contribution in [2.24, 2.45) is 5.92 Å². The van der Waals surface area contributed by atoms with E-state index in [4.69, 9.17) is 0 Å². The number of hydrogen-bond donors (Lipinski definition) is 2. The summed E-state index contributed by atoms with van der Waals surface area (Å²) >= 11 is 0. The Labute approximate surface area is 233 Å². The van der Waals surface area contributed by atoms with Gasteiger partial charge in [-0.2, -0.15) is 0 Å². The number of nitrogens with one attached hydrogen (secondary N) is 2. The van der Waals surface area contributed by atoms with Crippen molar-refractivity contribution in [1.82, 2.24) is 15.1 Å². The van der Waals surface area contributed by atoms with Gasteiger partial charge in [0.15, 0.2) is 0 Å². The normalized spacial score (nSPS) is 19.3. The van der Waals surface area contributed by atoms with E-state index in [0.29, 0.717) is 38.3 Å². The molecule has 2 N–H and O–H groups in total. The lowest BCUT2D eigenvalue weighted by Crippen LogP contribution is -2.58. The minimum Gasteiger partial charge on any atom is -0.344 e. The number of carbonyl (C=O) groups excluding carboxylic acids is 3. The van der Waals surface area contributed by atoms with E-state index in [1.54, 1.807) is 6.92 Å². The second-order valence-electron chi connectivity index (χ2n) is 11.2. The molecule has 1 saturated heterocycles. The van der Waals surface area contributed by atoms with Crippen LogP contribution in [0.25, 0.3) is 0 Å².